The molecule has 0 radical (unpaired) electrons. The molecule has 1 N–H and O–H groups in total. The second-order valence-electron chi connectivity index (χ2n) is 5.05. The maximum atomic E-state index is 12.4. The molecule has 0 bridgehead atoms. The number of rotatable bonds is 1. The van der Waals surface area contributed by atoms with E-state index >= 15 is 0 Å². The van der Waals surface area contributed by atoms with Crippen LogP contribution >= 0.6 is 0 Å². The van der Waals surface area contributed by atoms with Crippen molar-refractivity contribution < 1.29 is 9.53 Å². The van der Waals surface area contributed by atoms with E-state index in [2.05, 4.69) is 9.88 Å². The summed E-state index contributed by atoms with van der Waals surface area (Å²) in [6.07, 6.45) is 1.82. The lowest BCUT2D eigenvalue weighted by molar-refractivity contribution is -0.0395. The van der Waals surface area contributed by atoms with Crippen molar-refractivity contribution in [1.29, 1.82) is 0 Å². The van der Waals surface area contributed by atoms with Gasteiger partial charge in [-0.2, -0.15) is 0 Å². The Morgan fingerprint density at radius 2 is 2.33 bits per heavy atom. The highest BCUT2D eigenvalue weighted by molar-refractivity contribution is 5.94. The van der Waals surface area contributed by atoms with E-state index in [0.717, 1.165) is 50.7 Å². The zero-order chi connectivity index (χ0) is 12.5. The van der Waals surface area contributed by atoms with E-state index in [0.29, 0.717) is 6.04 Å². The Hall–Kier alpha value is -1.33. The van der Waals surface area contributed by atoms with Crippen LogP contribution < -0.4 is 0 Å². The van der Waals surface area contributed by atoms with Gasteiger partial charge in [0.05, 0.1) is 19.3 Å². The molecule has 2 fully saturated rings. The summed E-state index contributed by atoms with van der Waals surface area (Å²) in [5.41, 5.74) is 1.74. The van der Waals surface area contributed by atoms with Crippen molar-refractivity contribution in [3.05, 3.63) is 23.5 Å². The number of hydrogen-bond acceptors (Lipinski definition) is 3. The monoisotopic (exact) mass is 249 g/mol. The smallest absolute Gasteiger partial charge is 0.270 e. The molecule has 0 aliphatic carbocycles. The first kappa shape index (κ1) is 11.7. The first-order valence-electron chi connectivity index (χ1n) is 6.51. The van der Waals surface area contributed by atoms with Gasteiger partial charge >= 0.3 is 0 Å². The number of aromatic amines is 1. The van der Waals surface area contributed by atoms with Gasteiger partial charge in [0.1, 0.15) is 5.69 Å². The van der Waals surface area contributed by atoms with Crippen LogP contribution in [0.5, 0.6) is 0 Å². The molecule has 98 valence electrons. The summed E-state index contributed by atoms with van der Waals surface area (Å²) in [6, 6.07) is 2.31. The van der Waals surface area contributed by atoms with Gasteiger partial charge in [-0.1, -0.05) is 0 Å². The molecule has 0 aromatic carbocycles. The maximum Gasteiger partial charge on any atom is 0.270 e. The third-order valence-electron chi connectivity index (χ3n) is 3.89. The largest absolute Gasteiger partial charge is 0.378 e. The molecule has 5 heteroatoms. The fourth-order valence-electron chi connectivity index (χ4n) is 2.77. The SMILES string of the molecule is Cc1cc[nH]c1C(=O)N1CCN2CCOC[C@H]2C1. The lowest BCUT2D eigenvalue weighted by Crippen LogP contribution is -2.59. The van der Waals surface area contributed by atoms with Crippen LogP contribution in [0.25, 0.3) is 0 Å². The number of aromatic nitrogens is 1. The minimum Gasteiger partial charge on any atom is -0.378 e. The molecular formula is C13H19N3O2. The molecule has 1 amide bonds. The average molecular weight is 249 g/mol. The quantitative estimate of drug-likeness (QED) is 0.787. The summed E-state index contributed by atoms with van der Waals surface area (Å²) in [7, 11) is 0. The molecule has 2 saturated heterocycles. The number of hydrogen-bond donors (Lipinski definition) is 1. The van der Waals surface area contributed by atoms with Gasteiger partial charge < -0.3 is 14.6 Å². The number of ether oxygens (including phenoxy) is 1. The van der Waals surface area contributed by atoms with Gasteiger partial charge in [0.2, 0.25) is 0 Å². The molecule has 3 rings (SSSR count). The number of H-pyrrole nitrogens is 1. The van der Waals surface area contributed by atoms with E-state index in [1.165, 1.54) is 0 Å². The fraction of sp³-hybridized carbons (Fsp3) is 0.615. The van der Waals surface area contributed by atoms with Gasteiger partial charge in [-0.3, -0.25) is 9.69 Å². The number of carbonyl (C=O) groups is 1. The van der Waals surface area contributed by atoms with Crippen molar-refractivity contribution in [3.8, 4) is 0 Å². The predicted octanol–water partition coefficient (Wildman–Crippen LogP) is 0.480. The Kier molecular flexibility index (Phi) is 3.09. The lowest BCUT2D eigenvalue weighted by atomic mass is 10.1. The fourth-order valence-corrected chi connectivity index (χ4v) is 2.77. The normalized spacial score (nSPS) is 24.9. The van der Waals surface area contributed by atoms with E-state index in [1.807, 2.05) is 24.1 Å². The molecule has 18 heavy (non-hydrogen) atoms. The molecular weight excluding hydrogens is 230 g/mol. The first-order chi connectivity index (χ1) is 8.75. The second-order valence-corrected chi connectivity index (χ2v) is 5.05. The Morgan fingerprint density at radius 3 is 3.11 bits per heavy atom. The molecule has 2 aliphatic heterocycles. The van der Waals surface area contributed by atoms with Crippen LogP contribution in [0.4, 0.5) is 0 Å². The molecule has 5 nitrogen and oxygen atoms in total. The number of fused-ring (bicyclic) bond motifs is 1. The summed E-state index contributed by atoms with van der Waals surface area (Å²) < 4.78 is 5.49. The van der Waals surface area contributed by atoms with Crippen LogP contribution in [0, 0.1) is 6.92 Å². The van der Waals surface area contributed by atoms with Crippen molar-refractivity contribution in [2.75, 3.05) is 39.4 Å². The van der Waals surface area contributed by atoms with Crippen molar-refractivity contribution in [3.63, 3.8) is 0 Å². The van der Waals surface area contributed by atoms with Crippen LogP contribution in [0.3, 0.4) is 0 Å². The number of piperazine rings is 1. The van der Waals surface area contributed by atoms with Gasteiger partial charge in [-0.05, 0) is 18.6 Å². The summed E-state index contributed by atoms with van der Waals surface area (Å²) in [4.78, 5) is 19.8. The summed E-state index contributed by atoms with van der Waals surface area (Å²) in [6.45, 7) is 7.07. The number of nitrogens with zero attached hydrogens (tertiary/aromatic N) is 2. The average Bonchev–Trinajstić information content (AvgIpc) is 2.83. The number of carbonyl (C=O) groups excluding carboxylic acids is 1. The first-order valence-corrected chi connectivity index (χ1v) is 6.51. The van der Waals surface area contributed by atoms with Crippen molar-refractivity contribution in [2.45, 2.75) is 13.0 Å². The van der Waals surface area contributed by atoms with Gasteiger partial charge in [0.15, 0.2) is 0 Å². The standard InChI is InChI=1S/C13H19N3O2/c1-10-2-3-14-12(10)13(17)16-5-4-15-6-7-18-9-11(15)8-16/h2-3,11,14H,4-9H2,1H3/t11-/m1/s1. The topological polar surface area (TPSA) is 48.6 Å². The molecule has 0 spiro atoms. The molecule has 1 atom stereocenters. The summed E-state index contributed by atoms with van der Waals surface area (Å²) in [5.74, 6) is 0.114. The Labute approximate surface area is 107 Å². The van der Waals surface area contributed by atoms with E-state index in [1.54, 1.807) is 0 Å². The summed E-state index contributed by atoms with van der Waals surface area (Å²) in [5, 5.41) is 0. The molecule has 3 heterocycles. The van der Waals surface area contributed by atoms with Crippen molar-refractivity contribution >= 4 is 5.91 Å². The molecule has 1 aromatic rings. The molecule has 0 unspecified atom stereocenters. The highest BCUT2D eigenvalue weighted by Crippen LogP contribution is 2.16. The lowest BCUT2D eigenvalue weighted by Gasteiger charge is -2.43. The van der Waals surface area contributed by atoms with E-state index in [-0.39, 0.29) is 5.91 Å². The Morgan fingerprint density at radius 1 is 1.44 bits per heavy atom. The van der Waals surface area contributed by atoms with E-state index in [4.69, 9.17) is 4.74 Å². The number of aryl methyl sites for hydroxylation is 1. The molecule has 1 aromatic heterocycles. The van der Waals surface area contributed by atoms with Crippen molar-refractivity contribution in [2.24, 2.45) is 0 Å². The zero-order valence-electron chi connectivity index (χ0n) is 10.7. The predicted molar refractivity (Wildman–Crippen MR) is 67.6 cm³/mol. The number of morpholine rings is 1. The van der Waals surface area contributed by atoms with Gasteiger partial charge in [0.25, 0.3) is 5.91 Å². The maximum absolute atomic E-state index is 12.4. The molecule has 0 saturated carbocycles. The Balaban J connectivity index is 1.70. The van der Waals surface area contributed by atoms with E-state index < -0.39 is 0 Å². The minimum atomic E-state index is 0.114. The van der Waals surface area contributed by atoms with E-state index in [9.17, 15) is 4.79 Å². The number of nitrogens with one attached hydrogen (secondary N) is 1. The van der Waals surface area contributed by atoms with Gasteiger partial charge in [0, 0.05) is 32.4 Å². The van der Waals surface area contributed by atoms with Crippen molar-refractivity contribution in [1.82, 2.24) is 14.8 Å². The Bertz CT molecular complexity index is 443. The third-order valence-corrected chi connectivity index (χ3v) is 3.89. The minimum absolute atomic E-state index is 0.114. The second kappa shape index (κ2) is 4.74. The summed E-state index contributed by atoms with van der Waals surface area (Å²) >= 11 is 0. The van der Waals surface area contributed by atoms with Crippen LogP contribution in [0.15, 0.2) is 12.3 Å². The number of amides is 1. The highest BCUT2D eigenvalue weighted by Gasteiger charge is 2.32. The third kappa shape index (κ3) is 2.04. The van der Waals surface area contributed by atoms with Crippen LogP contribution in [0.2, 0.25) is 0 Å². The highest BCUT2D eigenvalue weighted by atomic mass is 16.5. The van der Waals surface area contributed by atoms with Gasteiger partial charge in [-0.25, -0.2) is 0 Å². The van der Waals surface area contributed by atoms with Crippen LogP contribution in [-0.2, 0) is 4.74 Å². The zero-order valence-corrected chi connectivity index (χ0v) is 10.7. The molecule has 2 aliphatic rings. The van der Waals surface area contributed by atoms with Gasteiger partial charge in [-0.15, -0.1) is 0 Å². The van der Waals surface area contributed by atoms with Crippen LogP contribution in [0.1, 0.15) is 16.1 Å². The van der Waals surface area contributed by atoms with Crippen LogP contribution in [-0.4, -0.2) is 66.1 Å².